The van der Waals surface area contributed by atoms with Crippen LogP contribution in [0.3, 0.4) is 0 Å². The number of hydrogen-bond acceptors (Lipinski definition) is 7. The summed E-state index contributed by atoms with van der Waals surface area (Å²) in [5.41, 5.74) is 1.13. The largest absolute Gasteiger partial charge is 0.365 e. The molecule has 2 heterocycles. The van der Waals surface area contributed by atoms with Crippen LogP contribution in [-0.4, -0.2) is 28.2 Å². The second-order valence-corrected chi connectivity index (χ2v) is 6.82. The van der Waals surface area contributed by atoms with Crippen molar-refractivity contribution in [3.05, 3.63) is 69.9 Å². The molecule has 0 N–H and O–H groups in total. The average molecular weight is 393 g/mol. The van der Waals surface area contributed by atoms with Crippen LogP contribution in [0.1, 0.15) is 30.2 Å². The predicted octanol–water partition coefficient (Wildman–Crippen LogP) is 4.04. The summed E-state index contributed by atoms with van der Waals surface area (Å²) in [7, 11) is 0. The second kappa shape index (κ2) is 7.67. The summed E-state index contributed by atoms with van der Waals surface area (Å²) in [5.74, 6) is 0.242. The number of nitriles is 1. The molecule has 0 saturated carbocycles. The number of rotatable bonds is 4. The number of anilines is 1. The average Bonchev–Trinajstić information content (AvgIpc) is 3.24. The quantitative estimate of drug-likeness (QED) is 0.486. The van der Waals surface area contributed by atoms with E-state index in [2.05, 4.69) is 10.1 Å². The molecule has 8 nitrogen and oxygen atoms in total. The van der Waals surface area contributed by atoms with E-state index in [0.717, 1.165) is 12.8 Å². The van der Waals surface area contributed by atoms with E-state index in [1.165, 1.54) is 18.2 Å². The minimum atomic E-state index is -0.478. The van der Waals surface area contributed by atoms with Crippen molar-refractivity contribution in [1.82, 2.24) is 10.1 Å². The van der Waals surface area contributed by atoms with Crippen molar-refractivity contribution in [2.75, 3.05) is 18.0 Å². The number of nitrogens with zero attached hydrogens (tertiary/aromatic N) is 5. The molecule has 1 saturated heterocycles. The van der Waals surface area contributed by atoms with Crippen LogP contribution in [0.15, 0.2) is 47.0 Å². The fourth-order valence-corrected chi connectivity index (χ4v) is 3.55. The van der Waals surface area contributed by atoms with Gasteiger partial charge < -0.3 is 9.42 Å². The van der Waals surface area contributed by atoms with Gasteiger partial charge in [0.2, 0.25) is 11.7 Å². The summed E-state index contributed by atoms with van der Waals surface area (Å²) >= 11 is 0. The molecule has 9 heteroatoms. The van der Waals surface area contributed by atoms with Gasteiger partial charge >= 0.3 is 0 Å². The predicted molar refractivity (Wildman–Crippen MR) is 102 cm³/mol. The minimum absolute atomic E-state index is 0.101. The van der Waals surface area contributed by atoms with E-state index < -0.39 is 4.92 Å². The first-order valence-corrected chi connectivity index (χ1v) is 9.08. The third-order valence-corrected chi connectivity index (χ3v) is 4.94. The Labute approximate surface area is 165 Å². The van der Waals surface area contributed by atoms with E-state index in [1.807, 2.05) is 11.0 Å². The Morgan fingerprint density at radius 2 is 2.17 bits per heavy atom. The molecule has 2 aromatic carbocycles. The number of halogens is 1. The number of nitro groups is 1. The molecular formula is C20H16FN5O3. The van der Waals surface area contributed by atoms with Crippen LogP contribution in [0.2, 0.25) is 0 Å². The van der Waals surface area contributed by atoms with Crippen molar-refractivity contribution < 1.29 is 13.8 Å². The van der Waals surface area contributed by atoms with Crippen LogP contribution in [0.4, 0.5) is 15.8 Å². The van der Waals surface area contributed by atoms with Crippen molar-refractivity contribution >= 4 is 11.4 Å². The minimum Gasteiger partial charge on any atom is -0.365 e. The zero-order chi connectivity index (χ0) is 20.4. The van der Waals surface area contributed by atoms with Crippen molar-refractivity contribution in [2.24, 2.45) is 0 Å². The first kappa shape index (κ1) is 18.6. The molecule has 1 aliphatic rings. The molecule has 1 atom stereocenters. The smallest absolute Gasteiger partial charge is 0.293 e. The zero-order valence-corrected chi connectivity index (χ0v) is 15.3. The lowest BCUT2D eigenvalue weighted by Gasteiger charge is -2.32. The van der Waals surface area contributed by atoms with Gasteiger partial charge in [0.1, 0.15) is 11.5 Å². The Morgan fingerprint density at radius 3 is 2.93 bits per heavy atom. The van der Waals surface area contributed by atoms with E-state index in [9.17, 15) is 14.5 Å². The molecule has 29 heavy (non-hydrogen) atoms. The monoisotopic (exact) mass is 393 g/mol. The third-order valence-electron chi connectivity index (χ3n) is 4.94. The van der Waals surface area contributed by atoms with E-state index in [-0.39, 0.29) is 23.0 Å². The van der Waals surface area contributed by atoms with Crippen LogP contribution < -0.4 is 4.90 Å². The van der Waals surface area contributed by atoms with Crippen LogP contribution >= 0.6 is 0 Å². The number of benzene rings is 2. The van der Waals surface area contributed by atoms with E-state index in [1.54, 1.807) is 24.3 Å². The van der Waals surface area contributed by atoms with Crippen LogP contribution in [0, 0.1) is 27.3 Å². The van der Waals surface area contributed by atoms with E-state index in [4.69, 9.17) is 9.78 Å². The Kier molecular flexibility index (Phi) is 4.91. The summed E-state index contributed by atoms with van der Waals surface area (Å²) in [4.78, 5) is 17.3. The molecule has 4 rings (SSSR count). The molecule has 0 bridgehead atoms. The van der Waals surface area contributed by atoms with Gasteiger partial charge in [0.05, 0.1) is 22.5 Å². The van der Waals surface area contributed by atoms with Gasteiger partial charge in [-0.1, -0.05) is 17.3 Å². The zero-order valence-electron chi connectivity index (χ0n) is 15.3. The van der Waals surface area contributed by atoms with Crippen LogP contribution in [0.25, 0.3) is 11.4 Å². The van der Waals surface area contributed by atoms with Gasteiger partial charge in [-0.15, -0.1) is 0 Å². The lowest BCUT2D eigenvalue weighted by molar-refractivity contribution is -0.384. The Bertz CT molecular complexity index is 1110. The summed E-state index contributed by atoms with van der Waals surface area (Å²) < 4.78 is 18.9. The molecule has 0 unspecified atom stereocenters. The Hall–Kier alpha value is -3.80. The number of hydrogen-bond donors (Lipinski definition) is 0. The highest BCUT2D eigenvalue weighted by atomic mass is 19.1. The molecule has 0 spiro atoms. The number of piperidine rings is 1. The standard InChI is InChI=1S/C20H16FN5O3/c21-16-5-1-3-14(10-16)19-23-20(29-24-19)15-4-2-8-25(12-15)17-7-6-13(11-22)9-18(17)26(27)28/h1,3,5-7,9-10,15H,2,4,8,12H2/t15-/m0/s1. The lowest BCUT2D eigenvalue weighted by Crippen LogP contribution is -2.34. The van der Waals surface area contributed by atoms with Gasteiger partial charge in [-0.05, 0) is 37.1 Å². The summed E-state index contributed by atoms with van der Waals surface area (Å²) in [5, 5.41) is 24.4. The molecule has 1 aliphatic heterocycles. The molecule has 1 fully saturated rings. The topological polar surface area (TPSA) is 109 Å². The van der Waals surface area contributed by atoms with E-state index >= 15 is 0 Å². The SMILES string of the molecule is N#Cc1ccc(N2CCC[C@H](c3nc(-c4cccc(F)c4)no3)C2)c([N+](=O)[O-])c1. The fourth-order valence-electron chi connectivity index (χ4n) is 3.55. The van der Waals surface area contributed by atoms with Gasteiger partial charge in [0.15, 0.2) is 0 Å². The highest BCUT2D eigenvalue weighted by Crippen LogP contribution is 2.35. The van der Waals surface area contributed by atoms with Gasteiger partial charge in [0.25, 0.3) is 5.69 Å². The first-order valence-electron chi connectivity index (χ1n) is 9.08. The van der Waals surface area contributed by atoms with Gasteiger partial charge in [0, 0.05) is 24.7 Å². The number of nitro benzene ring substituents is 1. The van der Waals surface area contributed by atoms with Crippen molar-refractivity contribution in [3.63, 3.8) is 0 Å². The lowest BCUT2D eigenvalue weighted by atomic mass is 9.97. The van der Waals surface area contributed by atoms with Gasteiger partial charge in [-0.25, -0.2) is 4.39 Å². The maximum absolute atomic E-state index is 13.4. The maximum atomic E-state index is 13.4. The summed E-state index contributed by atoms with van der Waals surface area (Å²) in [6, 6.07) is 12.3. The summed E-state index contributed by atoms with van der Waals surface area (Å²) in [6.45, 7) is 1.12. The highest BCUT2D eigenvalue weighted by Gasteiger charge is 2.29. The molecule has 0 aliphatic carbocycles. The van der Waals surface area contributed by atoms with Crippen LogP contribution in [0.5, 0.6) is 0 Å². The molecule has 0 amide bonds. The highest BCUT2D eigenvalue weighted by molar-refractivity contribution is 5.66. The van der Waals surface area contributed by atoms with Crippen LogP contribution in [-0.2, 0) is 0 Å². The molecule has 3 aromatic rings. The summed E-state index contributed by atoms with van der Waals surface area (Å²) in [6.07, 6.45) is 1.59. The van der Waals surface area contributed by atoms with Crippen molar-refractivity contribution in [3.8, 4) is 17.5 Å². The normalized spacial score (nSPS) is 16.4. The van der Waals surface area contributed by atoms with Gasteiger partial charge in [-0.3, -0.25) is 10.1 Å². The Balaban J connectivity index is 1.58. The molecule has 0 radical (unpaired) electrons. The third kappa shape index (κ3) is 3.78. The van der Waals surface area contributed by atoms with E-state index in [0.29, 0.717) is 36.1 Å². The number of aromatic nitrogens is 2. The van der Waals surface area contributed by atoms with Crippen molar-refractivity contribution in [2.45, 2.75) is 18.8 Å². The fraction of sp³-hybridized carbons (Fsp3) is 0.250. The molecular weight excluding hydrogens is 377 g/mol. The maximum Gasteiger partial charge on any atom is 0.293 e. The molecule has 146 valence electrons. The van der Waals surface area contributed by atoms with Gasteiger partial charge in [-0.2, -0.15) is 10.2 Å². The second-order valence-electron chi connectivity index (χ2n) is 6.82. The van der Waals surface area contributed by atoms with Crippen molar-refractivity contribution in [1.29, 1.82) is 5.26 Å². The Morgan fingerprint density at radius 1 is 1.31 bits per heavy atom. The first-order chi connectivity index (χ1) is 14.0. The molecule has 1 aromatic heterocycles.